The summed E-state index contributed by atoms with van der Waals surface area (Å²) in [6.07, 6.45) is 1.90. The van der Waals surface area contributed by atoms with Crippen LogP contribution < -0.4 is 21.1 Å². The van der Waals surface area contributed by atoms with E-state index < -0.39 is 7.14 Å². The second-order valence-corrected chi connectivity index (χ2v) is 9.65. The summed E-state index contributed by atoms with van der Waals surface area (Å²) in [5.74, 6) is 1.69. The van der Waals surface area contributed by atoms with Crippen LogP contribution in [0.1, 0.15) is 11.4 Å². The van der Waals surface area contributed by atoms with Gasteiger partial charge in [0.1, 0.15) is 25.0 Å². The van der Waals surface area contributed by atoms with Gasteiger partial charge < -0.3 is 20.4 Å². The van der Waals surface area contributed by atoms with Crippen LogP contribution in [0.15, 0.2) is 48.8 Å². The first kappa shape index (κ1) is 18.9. The number of nitrogens with two attached hydrogens (primary N) is 1. The Kier molecular flexibility index (Phi) is 5.42. The Bertz CT molecular complexity index is 1000. The van der Waals surface area contributed by atoms with Crippen LogP contribution in [-0.2, 0) is 11.0 Å². The van der Waals surface area contributed by atoms with Crippen LogP contribution in [0, 0.1) is 0 Å². The molecule has 0 radical (unpaired) electrons. The van der Waals surface area contributed by atoms with E-state index in [0.29, 0.717) is 23.9 Å². The Labute approximate surface area is 158 Å². The molecule has 0 unspecified atom stereocenters. The largest absolute Gasteiger partial charge is 0.496 e. The SMILES string of the molecule is COc1ccc(N)cc1Cc1ncnc(Nc2ccccc2P(C)(C)=O)n1. The van der Waals surface area contributed by atoms with Crippen molar-refractivity contribution in [1.82, 2.24) is 15.0 Å². The van der Waals surface area contributed by atoms with Crippen LogP contribution in [0.5, 0.6) is 5.75 Å². The first-order valence-corrected chi connectivity index (χ1v) is 11.0. The number of hydrogen-bond donors (Lipinski definition) is 2. The number of para-hydroxylation sites is 1. The van der Waals surface area contributed by atoms with Gasteiger partial charge in [-0.15, -0.1) is 0 Å². The maximum Gasteiger partial charge on any atom is 0.230 e. The number of nitrogens with zero attached hydrogens (tertiary/aromatic N) is 3. The van der Waals surface area contributed by atoms with Crippen LogP contribution in [0.4, 0.5) is 17.3 Å². The third-order valence-corrected chi connectivity index (χ3v) is 5.56. The fourth-order valence-electron chi connectivity index (χ4n) is 2.75. The molecule has 3 aromatic rings. The van der Waals surface area contributed by atoms with Crippen LogP contribution in [0.25, 0.3) is 0 Å². The summed E-state index contributed by atoms with van der Waals surface area (Å²) in [4.78, 5) is 12.9. The topological polar surface area (TPSA) is 103 Å². The highest BCUT2D eigenvalue weighted by Gasteiger charge is 2.16. The number of rotatable bonds is 6. The van der Waals surface area contributed by atoms with E-state index in [0.717, 1.165) is 22.3 Å². The Morgan fingerprint density at radius 1 is 1.15 bits per heavy atom. The number of anilines is 3. The van der Waals surface area contributed by atoms with Gasteiger partial charge in [-0.25, -0.2) is 9.97 Å². The van der Waals surface area contributed by atoms with Crippen molar-refractivity contribution in [3.8, 4) is 5.75 Å². The summed E-state index contributed by atoms with van der Waals surface area (Å²) in [5.41, 5.74) is 8.14. The molecular weight excluding hydrogens is 361 g/mol. The highest BCUT2D eigenvalue weighted by molar-refractivity contribution is 7.70. The van der Waals surface area contributed by atoms with Crippen molar-refractivity contribution in [1.29, 1.82) is 0 Å². The Balaban J connectivity index is 1.88. The molecule has 0 saturated heterocycles. The van der Waals surface area contributed by atoms with E-state index in [1.54, 1.807) is 26.5 Å². The lowest BCUT2D eigenvalue weighted by atomic mass is 10.1. The van der Waals surface area contributed by atoms with Crippen LogP contribution in [0.2, 0.25) is 0 Å². The molecule has 0 fully saturated rings. The molecule has 1 heterocycles. The minimum atomic E-state index is -2.44. The maximum absolute atomic E-state index is 12.5. The zero-order valence-electron chi connectivity index (χ0n) is 15.5. The number of nitrogen functional groups attached to an aromatic ring is 1. The standard InChI is InChI=1S/C19H22N5O2P/c1-26-16-9-8-14(20)10-13(16)11-18-21-12-22-19(24-18)23-15-6-4-5-7-17(15)27(2,3)25/h4-10,12H,11,20H2,1-3H3,(H,21,22,23,24). The normalized spacial score (nSPS) is 11.2. The summed E-state index contributed by atoms with van der Waals surface area (Å²) >= 11 is 0. The fraction of sp³-hybridized carbons (Fsp3) is 0.211. The Morgan fingerprint density at radius 2 is 1.93 bits per heavy atom. The molecule has 0 atom stereocenters. The van der Waals surface area contributed by atoms with E-state index in [1.165, 1.54) is 6.33 Å². The third-order valence-electron chi connectivity index (χ3n) is 4.01. The van der Waals surface area contributed by atoms with Gasteiger partial charge >= 0.3 is 0 Å². The highest BCUT2D eigenvalue weighted by atomic mass is 31.2. The summed E-state index contributed by atoms with van der Waals surface area (Å²) < 4.78 is 17.9. The molecule has 0 amide bonds. The molecule has 8 heteroatoms. The molecule has 1 aromatic heterocycles. The molecule has 2 aromatic carbocycles. The number of benzene rings is 2. The number of methoxy groups -OCH3 is 1. The molecule has 0 saturated carbocycles. The van der Waals surface area contributed by atoms with Crippen molar-refractivity contribution in [2.75, 3.05) is 31.5 Å². The molecule has 3 rings (SSSR count). The number of hydrogen-bond acceptors (Lipinski definition) is 7. The average molecular weight is 383 g/mol. The molecular formula is C19H22N5O2P. The van der Waals surface area contributed by atoms with Crippen molar-refractivity contribution >= 4 is 29.8 Å². The third kappa shape index (κ3) is 4.63. The zero-order chi connectivity index (χ0) is 19.4. The van der Waals surface area contributed by atoms with Crippen molar-refractivity contribution in [2.45, 2.75) is 6.42 Å². The molecule has 0 aliphatic heterocycles. The predicted molar refractivity (Wildman–Crippen MR) is 109 cm³/mol. The summed E-state index contributed by atoms with van der Waals surface area (Å²) in [5, 5.41) is 3.91. The summed E-state index contributed by atoms with van der Waals surface area (Å²) in [6.45, 7) is 3.47. The van der Waals surface area contributed by atoms with Gasteiger partial charge in [-0.2, -0.15) is 4.98 Å². The lowest BCUT2D eigenvalue weighted by Crippen LogP contribution is -2.11. The van der Waals surface area contributed by atoms with E-state index >= 15 is 0 Å². The molecule has 140 valence electrons. The van der Waals surface area contributed by atoms with E-state index in [4.69, 9.17) is 10.5 Å². The van der Waals surface area contributed by atoms with Gasteiger partial charge in [-0.1, -0.05) is 12.1 Å². The maximum atomic E-state index is 12.5. The lowest BCUT2D eigenvalue weighted by Gasteiger charge is -2.14. The van der Waals surface area contributed by atoms with E-state index in [1.807, 2.05) is 36.4 Å². The lowest BCUT2D eigenvalue weighted by molar-refractivity contribution is 0.410. The van der Waals surface area contributed by atoms with Gasteiger partial charge in [-0.3, -0.25) is 0 Å². The second-order valence-electron chi connectivity index (χ2n) is 6.47. The molecule has 0 aliphatic carbocycles. The zero-order valence-corrected chi connectivity index (χ0v) is 16.4. The van der Waals surface area contributed by atoms with E-state index in [2.05, 4.69) is 20.3 Å². The van der Waals surface area contributed by atoms with Gasteiger partial charge in [0.2, 0.25) is 5.95 Å². The van der Waals surface area contributed by atoms with Gasteiger partial charge in [0.15, 0.2) is 0 Å². The van der Waals surface area contributed by atoms with Crippen molar-refractivity contribution in [3.63, 3.8) is 0 Å². The molecule has 3 N–H and O–H groups in total. The van der Waals surface area contributed by atoms with Crippen LogP contribution >= 0.6 is 7.14 Å². The van der Waals surface area contributed by atoms with Gasteiger partial charge in [0.25, 0.3) is 0 Å². The quantitative estimate of drug-likeness (QED) is 0.498. The molecule has 27 heavy (non-hydrogen) atoms. The van der Waals surface area contributed by atoms with Crippen LogP contribution in [0.3, 0.4) is 0 Å². The van der Waals surface area contributed by atoms with Gasteiger partial charge in [0, 0.05) is 23.0 Å². The van der Waals surface area contributed by atoms with Gasteiger partial charge in [0.05, 0.1) is 12.8 Å². The Hall–Kier alpha value is -2.92. The first-order chi connectivity index (χ1) is 12.9. The molecule has 0 bridgehead atoms. The number of nitrogens with one attached hydrogen (secondary N) is 1. The van der Waals surface area contributed by atoms with Crippen molar-refractivity contribution < 1.29 is 9.30 Å². The number of ether oxygens (including phenoxy) is 1. The molecule has 0 spiro atoms. The smallest absolute Gasteiger partial charge is 0.230 e. The minimum Gasteiger partial charge on any atom is -0.496 e. The second kappa shape index (κ2) is 7.76. The molecule has 7 nitrogen and oxygen atoms in total. The van der Waals surface area contributed by atoms with Crippen LogP contribution in [-0.4, -0.2) is 35.4 Å². The van der Waals surface area contributed by atoms with Crippen molar-refractivity contribution in [2.24, 2.45) is 0 Å². The van der Waals surface area contributed by atoms with E-state index in [9.17, 15) is 4.57 Å². The Morgan fingerprint density at radius 3 is 2.67 bits per heavy atom. The molecule has 0 aliphatic rings. The van der Waals surface area contributed by atoms with Gasteiger partial charge in [-0.05, 0) is 43.7 Å². The minimum absolute atomic E-state index is 0.392. The first-order valence-electron chi connectivity index (χ1n) is 8.38. The number of aromatic nitrogens is 3. The fourth-order valence-corrected chi connectivity index (χ4v) is 3.91. The van der Waals surface area contributed by atoms with E-state index in [-0.39, 0.29) is 0 Å². The average Bonchev–Trinajstić information content (AvgIpc) is 2.62. The summed E-state index contributed by atoms with van der Waals surface area (Å²) in [7, 11) is -0.828. The van der Waals surface area contributed by atoms with Crippen molar-refractivity contribution in [3.05, 3.63) is 60.2 Å². The highest BCUT2D eigenvalue weighted by Crippen LogP contribution is 2.38. The summed E-state index contributed by atoms with van der Waals surface area (Å²) in [6, 6.07) is 12.9. The predicted octanol–water partition coefficient (Wildman–Crippen LogP) is 3.04. The monoisotopic (exact) mass is 383 g/mol.